The third-order valence-electron chi connectivity index (χ3n) is 5.51. The molecule has 0 saturated heterocycles. The maximum Gasteiger partial charge on any atom is 0.306 e. The molecule has 4 rings (SSSR count). The van der Waals surface area contributed by atoms with E-state index in [4.69, 9.17) is 10.5 Å². The molecular formula is C16H24N2O4. The van der Waals surface area contributed by atoms with E-state index in [0.717, 1.165) is 37.0 Å². The fourth-order valence-electron chi connectivity index (χ4n) is 5.25. The minimum absolute atomic E-state index is 0.121. The van der Waals surface area contributed by atoms with Crippen LogP contribution in [0.4, 0.5) is 0 Å². The lowest BCUT2D eigenvalue weighted by Gasteiger charge is -2.56. The molecule has 0 aromatic carbocycles. The number of amides is 2. The molecular weight excluding hydrogens is 284 g/mol. The second kappa shape index (κ2) is 5.89. The van der Waals surface area contributed by atoms with Gasteiger partial charge in [-0.05, 0) is 61.7 Å². The quantitative estimate of drug-likeness (QED) is 0.707. The van der Waals surface area contributed by atoms with Gasteiger partial charge in [0.1, 0.15) is 0 Å². The van der Waals surface area contributed by atoms with Crippen molar-refractivity contribution in [1.29, 1.82) is 0 Å². The zero-order valence-electron chi connectivity index (χ0n) is 12.8. The van der Waals surface area contributed by atoms with Gasteiger partial charge < -0.3 is 15.8 Å². The first-order valence-corrected chi connectivity index (χ1v) is 8.15. The lowest BCUT2D eigenvalue weighted by Crippen LogP contribution is -2.47. The van der Waals surface area contributed by atoms with Gasteiger partial charge in [0.2, 0.25) is 5.91 Å². The number of hydrogen-bond acceptors (Lipinski definition) is 4. The second-order valence-corrected chi connectivity index (χ2v) is 7.50. The van der Waals surface area contributed by atoms with Crippen LogP contribution < -0.4 is 11.1 Å². The van der Waals surface area contributed by atoms with E-state index in [1.165, 1.54) is 19.3 Å². The van der Waals surface area contributed by atoms with E-state index in [-0.39, 0.29) is 24.5 Å². The molecule has 4 saturated carbocycles. The molecule has 0 spiro atoms. The molecule has 0 heterocycles. The minimum Gasteiger partial charge on any atom is -0.456 e. The van der Waals surface area contributed by atoms with Gasteiger partial charge in [-0.25, -0.2) is 0 Å². The number of carbonyl (C=O) groups is 3. The Morgan fingerprint density at radius 1 is 1.05 bits per heavy atom. The highest BCUT2D eigenvalue weighted by Gasteiger charge is 2.51. The summed E-state index contributed by atoms with van der Waals surface area (Å²) in [6, 6.07) is 0. The first kappa shape index (κ1) is 15.3. The first-order valence-electron chi connectivity index (χ1n) is 8.15. The highest BCUT2D eigenvalue weighted by molar-refractivity contribution is 5.85. The zero-order valence-corrected chi connectivity index (χ0v) is 12.8. The minimum atomic E-state index is -0.617. The van der Waals surface area contributed by atoms with Crippen molar-refractivity contribution in [3.05, 3.63) is 0 Å². The maximum absolute atomic E-state index is 12.1. The predicted octanol–water partition coefficient (Wildman–Crippen LogP) is 0.738. The summed E-state index contributed by atoms with van der Waals surface area (Å²) in [7, 11) is 0. The lowest BCUT2D eigenvalue weighted by molar-refractivity contribution is -0.155. The molecule has 4 fully saturated rings. The summed E-state index contributed by atoms with van der Waals surface area (Å²) in [4.78, 5) is 34.1. The van der Waals surface area contributed by atoms with Crippen molar-refractivity contribution in [3.63, 3.8) is 0 Å². The van der Waals surface area contributed by atoms with Gasteiger partial charge in [-0.1, -0.05) is 0 Å². The smallest absolute Gasteiger partial charge is 0.306 e. The number of rotatable bonds is 6. The van der Waals surface area contributed by atoms with Crippen LogP contribution in [0.15, 0.2) is 0 Å². The predicted molar refractivity (Wildman–Crippen MR) is 78.4 cm³/mol. The van der Waals surface area contributed by atoms with Crippen molar-refractivity contribution in [2.24, 2.45) is 28.9 Å². The van der Waals surface area contributed by atoms with Crippen molar-refractivity contribution < 1.29 is 19.1 Å². The van der Waals surface area contributed by atoms with Crippen LogP contribution in [-0.2, 0) is 19.1 Å². The van der Waals surface area contributed by atoms with Gasteiger partial charge in [0.25, 0.3) is 5.91 Å². The van der Waals surface area contributed by atoms with Gasteiger partial charge in [0.05, 0.1) is 13.0 Å². The van der Waals surface area contributed by atoms with E-state index in [2.05, 4.69) is 5.32 Å². The van der Waals surface area contributed by atoms with Crippen LogP contribution in [0, 0.1) is 23.2 Å². The number of primary amides is 1. The summed E-state index contributed by atoms with van der Waals surface area (Å²) in [5.41, 5.74) is 5.05. The van der Waals surface area contributed by atoms with Gasteiger partial charge in [-0.15, -0.1) is 0 Å². The molecule has 22 heavy (non-hydrogen) atoms. The molecule has 6 nitrogen and oxygen atoms in total. The molecule has 4 aliphatic carbocycles. The van der Waals surface area contributed by atoms with Gasteiger partial charge in [0, 0.05) is 0 Å². The van der Waals surface area contributed by atoms with Crippen LogP contribution in [0.2, 0.25) is 0 Å². The number of carbonyl (C=O) groups excluding carboxylic acids is 3. The Bertz CT molecular complexity index is 453. The normalized spacial score (nSPS) is 35.2. The number of esters is 1. The molecule has 0 atom stereocenters. The van der Waals surface area contributed by atoms with Gasteiger partial charge in [-0.2, -0.15) is 0 Å². The Kier molecular flexibility index (Phi) is 4.10. The van der Waals surface area contributed by atoms with E-state index >= 15 is 0 Å². The Labute approximate surface area is 130 Å². The molecule has 3 N–H and O–H groups in total. The van der Waals surface area contributed by atoms with Gasteiger partial charge >= 0.3 is 5.97 Å². The third-order valence-corrected chi connectivity index (χ3v) is 5.51. The number of hydrogen-bond donors (Lipinski definition) is 2. The summed E-state index contributed by atoms with van der Waals surface area (Å²) in [6.45, 7) is -0.566. The van der Waals surface area contributed by atoms with E-state index in [1.807, 2.05) is 0 Å². The molecule has 122 valence electrons. The van der Waals surface area contributed by atoms with Crippen LogP contribution in [0.5, 0.6) is 0 Å². The molecule has 4 aliphatic rings. The van der Waals surface area contributed by atoms with Crippen molar-refractivity contribution in [2.45, 2.75) is 44.9 Å². The first-order chi connectivity index (χ1) is 10.4. The van der Waals surface area contributed by atoms with Crippen LogP contribution in [0.1, 0.15) is 44.9 Å². The maximum atomic E-state index is 12.1. The monoisotopic (exact) mass is 308 g/mol. The van der Waals surface area contributed by atoms with Crippen LogP contribution >= 0.6 is 0 Å². The molecule has 2 amide bonds. The van der Waals surface area contributed by atoms with E-state index in [0.29, 0.717) is 6.42 Å². The number of ether oxygens (including phenoxy) is 1. The lowest BCUT2D eigenvalue weighted by atomic mass is 9.49. The SMILES string of the molecule is NC(=O)CNC(=O)COC(=O)CC12CC3CC(CC(C3)C1)C2. The van der Waals surface area contributed by atoms with Gasteiger partial charge in [-0.3, -0.25) is 14.4 Å². The standard InChI is InChI=1S/C16H24N2O4/c17-13(19)8-18-14(20)9-22-15(21)7-16-4-10-1-11(5-16)3-12(2-10)6-16/h10-12H,1-9H2,(H2,17,19)(H,18,20). The number of nitrogens with two attached hydrogens (primary N) is 1. The average molecular weight is 308 g/mol. The topological polar surface area (TPSA) is 98.5 Å². The van der Waals surface area contributed by atoms with Crippen LogP contribution in [0.25, 0.3) is 0 Å². The third kappa shape index (κ3) is 3.42. The largest absolute Gasteiger partial charge is 0.456 e. The fourth-order valence-corrected chi connectivity index (χ4v) is 5.25. The molecule has 0 aromatic heterocycles. The Morgan fingerprint density at radius 3 is 2.09 bits per heavy atom. The molecule has 4 bridgehead atoms. The van der Waals surface area contributed by atoms with Gasteiger partial charge in [0.15, 0.2) is 6.61 Å². The summed E-state index contributed by atoms with van der Waals surface area (Å²) in [5, 5.41) is 2.31. The molecule has 0 unspecified atom stereocenters. The van der Waals surface area contributed by atoms with E-state index in [1.54, 1.807) is 0 Å². The van der Waals surface area contributed by atoms with Crippen LogP contribution in [-0.4, -0.2) is 30.9 Å². The zero-order chi connectivity index (χ0) is 15.7. The highest BCUT2D eigenvalue weighted by Crippen LogP contribution is 2.61. The van der Waals surface area contributed by atoms with E-state index in [9.17, 15) is 14.4 Å². The number of nitrogens with one attached hydrogen (secondary N) is 1. The highest BCUT2D eigenvalue weighted by atomic mass is 16.5. The summed E-state index contributed by atoms with van der Waals surface area (Å²) in [5.74, 6) is 0.968. The molecule has 0 aromatic rings. The van der Waals surface area contributed by atoms with Crippen LogP contribution in [0.3, 0.4) is 0 Å². The summed E-state index contributed by atoms with van der Waals surface area (Å²) >= 11 is 0. The Balaban J connectivity index is 1.46. The second-order valence-electron chi connectivity index (χ2n) is 7.50. The summed E-state index contributed by atoms with van der Waals surface area (Å²) < 4.78 is 5.07. The summed E-state index contributed by atoms with van der Waals surface area (Å²) in [6.07, 6.45) is 7.86. The molecule has 6 heteroatoms. The van der Waals surface area contributed by atoms with Crippen molar-refractivity contribution >= 4 is 17.8 Å². The Morgan fingerprint density at radius 2 is 1.59 bits per heavy atom. The molecule has 0 radical (unpaired) electrons. The Hall–Kier alpha value is -1.59. The van der Waals surface area contributed by atoms with E-state index < -0.39 is 11.8 Å². The average Bonchev–Trinajstić information content (AvgIpc) is 2.40. The van der Waals surface area contributed by atoms with Crippen molar-refractivity contribution in [3.8, 4) is 0 Å². The molecule has 0 aliphatic heterocycles. The van der Waals surface area contributed by atoms with Crippen molar-refractivity contribution in [2.75, 3.05) is 13.2 Å². The van der Waals surface area contributed by atoms with Crippen molar-refractivity contribution in [1.82, 2.24) is 5.32 Å². The fraction of sp³-hybridized carbons (Fsp3) is 0.812.